The van der Waals surface area contributed by atoms with Crippen LogP contribution < -0.4 is 9.80 Å². The zero-order valence-electron chi connectivity index (χ0n) is 14.4. The molecule has 0 saturated heterocycles. The molecule has 0 aliphatic carbocycles. The minimum absolute atomic E-state index is 0.148. The lowest BCUT2D eigenvalue weighted by molar-refractivity contribution is 0.648. The highest BCUT2D eigenvalue weighted by Crippen LogP contribution is 2.46. The molecule has 0 radical (unpaired) electrons. The van der Waals surface area contributed by atoms with E-state index in [-0.39, 0.29) is 6.17 Å². The van der Waals surface area contributed by atoms with Crippen LogP contribution in [0.4, 0.5) is 17.2 Å². The molecule has 4 heterocycles. The molecule has 3 aromatic heterocycles. The third kappa shape index (κ3) is 1.83. The summed E-state index contributed by atoms with van der Waals surface area (Å²) in [5.74, 6) is 0.960. The standard InChI is InChI=1S/C20H18N4O/c1-12-8-9-14-15-6-4-11-22-20(15)25-18(14)17(12)24-13(2)23(3)16-7-5-10-21-19(16)24/h4-11,13H,1-3H3/t13-/m0/s1. The molecule has 0 saturated carbocycles. The normalized spacial score (nSPS) is 16.8. The van der Waals surface area contributed by atoms with Crippen molar-refractivity contribution in [2.45, 2.75) is 20.0 Å². The molecule has 0 amide bonds. The minimum Gasteiger partial charge on any atom is -0.435 e. The Bertz CT molecular complexity index is 1120. The molecule has 5 heteroatoms. The van der Waals surface area contributed by atoms with E-state index in [1.165, 1.54) is 0 Å². The molecule has 5 nitrogen and oxygen atoms in total. The number of aryl methyl sites for hydroxylation is 1. The second kappa shape index (κ2) is 4.96. The lowest BCUT2D eigenvalue weighted by atomic mass is 10.1. The maximum absolute atomic E-state index is 6.18. The summed E-state index contributed by atoms with van der Waals surface area (Å²) in [7, 11) is 2.10. The van der Waals surface area contributed by atoms with Gasteiger partial charge in [-0.05, 0) is 43.7 Å². The van der Waals surface area contributed by atoms with E-state index in [0.29, 0.717) is 5.71 Å². The van der Waals surface area contributed by atoms with Crippen molar-refractivity contribution in [1.29, 1.82) is 0 Å². The molecular formula is C20H18N4O. The van der Waals surface area contributed by atoms with Crippen LogP contribution >= 0.6 is 0 Å². The molecule has 124 valence electrons. The van der Waals surface area contributed by atoms with Crippen LogP contribution in [0.3, 0.4) is 0 Å². The quantitative estimate of drug-likeness (QED) is 0.509. The summed E-state index contributed by atoms with van der Waals surface area (Å²) in [4.78, 5) is 13.5. The Kier molecular flexibility index (Phi) is 2.83. The van der Waals surface area contributed by atoms with Gasteiger partial charge in [-0.25, -0.2) is 9.97 Å². The number of rotatable bonds is 1. The first-order chi connectivity index (χ1) is 12.2. The van der Waals surface area contributed by atoms with E-state index < -0.39 is 0 Å². The fourth-order valence-electron chi connectivity index (χ4n) is 3.75. The summed E-state index contributed by atoms with van der Waals surface area (Å²) >= 11 is 0. The fourth-order valence-corrected chi connectivity index (χ4v) is 3.75. The van der Waals surface area contributed by atoms with E-state index in [0.717, 1.165) is 39.1 Å². The second-order valence-electron chi connectivity index (χ2n) is 6.52. The van der Waals surface area contributed by atoms with Gasteiger partial charge in [-0.2, -0.15) is 0 Å². The highest BCUT2D eigenvalue weighted by Gasteiger charge is 2.35. The van der Waals surface area contributed by atoms with E-state index in [9.17, 15) is 0 Å². The summed E-state index contributed by atoms with van der Waals surface area (Å²) in [6, 6.07) is 12.3. The summed E-state index contributed by atoms with van der Waals surface area (Å²) in [5, 5.41) is 2.13. The molecule has 0 unspecified atom stereocenters. The second-order valence-corrected chi connectivity index (χ2v) is 6.52. The Hall–Kier alpha value is -3.08. The van der Waals surface area contributed by atoms with Crippen molar-refractivity contribution in [3.8, 4) is 0 Å². The maximum Gasteiger partial charge on any atom is 0.227 e. The molecule has 1 aliphatic heterocycles. The van der Waals surface area contributed by atoms with Gasteiger partial charge in [0.2, 0.25) is 5.71 Å². The first-order valence-electron chi connectivity index (χ1n) is 8.41. The van der Waals surface area contributed by atoms with Crippen LogP contribution in [0.25, 0.3) is 22.1 Å². The number of fused-ring (bicyclic) bond motifs is 4. The van der Waals surface area contributed by atoms with E-state index in [1.54, 1.807) is 6.20 Å². The van der Waals surface area contributed by atoms with Crippen LogP contribution in [0, 0.1) is 6.92 Å². The predicted molar refractivity (Wildman–Crippen MR) is 100 cm³/mol. The number of hydrogen-bond acceptors (Lipinski definition) is 5. The van der Waals surface area contributed by atoms with Crippen LogP contribution in [0.2, 0.25) is 0 Å². The van der Waals surface area contributed by atoms with Crippen LogP contribution in [-0.2, 0) is 0 Å². The van der Waals surface area contributed by atoms with Gasteiger partial charge >= 0.3 is 0 Å². The Morgan fingerprint density at radius 2 is 1.80 bits per heavy atom. The van der Waals surface area contributed by atoms with Crippen molar-refractivity contribution in [1.82, 2.24) is 9.97 Å². The maximum atomic E-state index is 6.18. The monoisotopic (exact) mass is 330 g/mol. The molecule has 1 atom stereocenters. The van der Waals surface area contributed by atoms with E-state index in [2.05, 4.69) is 64.9 Å². The minimum atomic E-state index is 0.148. The molecule has 0 bridgehead atoms. The molecule has 0 N–H and O–H groups in total. The first-order valence-corrected chi connectivity index (χ1v) is 8.41. The summed E-state index contributed by atoms with van der Waals surface area (Å²) in [6.07, 6.45) is 3.75. The average Bonchev–Trinajstić information content (AvgIpc) is 3.12. The predicted octanol–water partition coefficient (Wildman–Crippen LogP) is 4.62. The van der Waals surface area contributed by atoms with Gasteiger partial charge in [-0.3, -0.25) is 0 Å². The van der Waals surface area contributed by atoms with Crippen molar-refractivity contribution in [2.75, 3.05) is 16.8 Å². The molecule has 25 heavy (non-hydrogen) atoms. The molecule has 1 aromatic carbocycles. The van der Waals surface area contributed by atoms with Crippen LogP contribution in [-0.4, -0.2) is 23.2 Å². The van der Waals surface area contributed by atoms with E-state index in [1.807, 2.05) is 18.3 Å². The zero-order valence-corrected chi connectivity index (χ0v) is 14.4. The summed E-state index contributed by atoms with van der Waals surface area (Å²) in [6.45, 7) is 4.30. The molecule has 4 aromatic rings. The van der Waals surface area contributed by atoms with Gasteiger partial charge in [-0.15, -0.1) is 0 Å². The number of benzene rings is 1. The topological polar surface area (TPSA) is 45.4 Å². The fraction of sp³-hybridized carbons (Fsp3) is 0.200. The van der Waals surface area contributed by atoms with Crippen molar-refractivity contribution in [3.63, 3.8) is 0 Å². The third-order valence-electron chi connectivity index (χ3n) is 5.14. The molecule has 0 fully saturated rings. The van der Waals surface area contributed by atoms with Crippen LogP contribution in [0.5, 0.6) is 0 Å². The smallest absolute Gasteiger partial charge is 0.227 e. The Labute approximate surface area is 145 Å². The number of furan rings is 1. The van der Waals surface area contributed by atoms with Gasteiger partial charge in [0.1, 0.15) is 6.17 Å². The van der Waals surface area contributed by atoms with Gasteiger partial charge in [0.05, 0.1) is 11.4 Å². The average molecular weight is 330 g/mol. The Morgan fingerprint density at radius 3 is 2.68 bits per heavy atom. The zero-order chi connectivity index (χ0) is 17.1. The SMILES string of the molecule is Cc1ccc2c(oc3ncccc32)c1N1c2ncccc2N(C)[C@@H]1C. The molecule has 5 rings (SSSR count). The number of anilines is 3. The van der Waals surface area contributed by atoms with Gasteiger partial charge in [-0.1, -0.05) is 12.1 Å². The molecular weight excluding hydrogens is 312 g/mol. The van der Waals surface area contributed by atoms with Crippen molar-refractivity contribution in [3.05, 3.63) is 54.4 Å². The highest BCUT2D eigenvalue weighted by molar-refractivity contribution is 6.09. The lowest BCUT2D eigenvalue weighted by Gasteiger charge is -2.28. The highest BCUT2D eigenvalue weighted by atomic mass is 16.3. The van der Waals surface area contributed by atoms with Gasteiger partial charge in [0, 0.05) is 30.2 Å². The van der Waals surface area contributed by atoms with Crippen molar-refractivity contribution >= 4 is 39.3 Å². The lowest BCUT2D eigenvalue weighted by Crippen LogP contribution is -2.36. The van der Waals surface area contributed by atoms with E-state index in [4.69, 9.17) is 4.42 Å². The van der Waals surface area contributed by atoms with Crippen molar-refractivity contribution < 1.29 is 4.42 Å². The van der Waals surface area contributed by atoms with Gasteiger partial charge in [0.15, 0.2) is 11.4 Å². The largest absolute Gasteiger partial charge is 0.435 e. The third-order valence-corrected chi connectivity index (χ3v) is 5.14. The molecule has 0 spiro atoms. The number of aromatic nitrogens is 2. The van der Waals surface area contributed by atoms with Gasteiger partial charge < -0.3 is 14.2 Å². The number of hydrogen-bond donors (Lipinski definition) is 0. The van der Waals surface area contributed by atoms with Crippen LogP contribution in [0.15, 0.2) is 53.2 Å². The number of nitrogens with zero attached hydrogens (tertiary/aromatic N) is 4. The van der Waals surface area contributed by atoms with Gasteiger partial charge in [0.25, 0.3) is 0 Å². The van der Waals surface area contributed by atoms with Crippen LogP contribution in [0.1, 0.15) is 12.5 Å². The summed E-state index contributed by atoms with van der Waals surface area (Å²) < 4.78 is 6.18. The summed E-state index contributed by atoms with van der Waals surface area (Å²) in [5.41, 5.74) is 4.89. The van der Waals surface area contributed by atoms with Crippen molar-refractivity contribution in [2.24, 2.45) is 0 Å². The first kappa shape index (κ1) is 14.3. The molecule has 1 aliphatic rings. The van der Waals surface area contributed by atoms with E-state index >= 15 is 0 Å². The Balaban J connectivity index is 1.85. The Morgan fingerprint density at radius 1 is 1.00 bits per heavy atom. The number of pyridine rings is 2.